The maximum Gasteiger partial charge on any atom is 0.237 e. The number of pyridine rings is 1. The Morgan fingerprint density at radius 1 is 1.07 bits per heavy atom. The van der Waals surface area contributed by atoms with Crippen molar-refractivity contribution >= 4 is 22.6 Å². The fourth-order valence-electron chi connectivity index (χ4n) is 3.25. The Bertz CT molecular complexity index is 1160. The summed E-state index contributed by atoms with van der Waals surface area (Å²) in [7, 11) is 0. The maximum atomic E-state index is 13.1. The molecular weight excluding hydrogens is 360 g/mol. The predicted octanol–water partition coefficient (Wildman–Crippen LogP) is 1.80. The Balaban J connectivity index is 1.95. The molecule has 2 N–H and O–H groups in total. The minimum absolute atomic E-state index is 0.0331. The van der Waals surface area contributed by atoms with E-state index < -0.39 is 17.1 Å². The van der Waals surface area contributed by atoms with Gasteiger partial charge < -0.3 is 19.8 Å². The monoisotopic (exact) mass is 378 g/mol. The molecule has 1 aliphatic rings. The summed E-state index contributed by atoms with van der Waals surface area (Å²) < 4.78 is 12.6. The van der Waals surface area contributed by atoms with Crippen molar-refractivity contribution in [2.75, 3.05) is 13.2 Å². The molecule has 3 aromatic rings. The van der Waals surface area contributed by atoms with Crippen molar-refractivity contribution < 1.29 is 19.1 Å². The van der Waals surface area contributed by atoms with E-state index in [9.17, 15) is 14.4 Å². The summed E-state index contributed by atoms with van der Waals surface area (Å²) in [6, 6.07) is 10.1. The summed E-state index contributed by atoms with van der Waals surface area (Å²) >= 11 is 0. The molecule has 4 rings (SSSR count). The Kier molecular flexibility index (Phi) is 4.35. The lowest BCUT2D eigenvalue weighted by Gasteiger charge is -2.20. The van der Waals surface area contributed by atoms with Gasteiger partial charge in [0.25, 0.3) is 0 Å². The zero-order chi connectivity index (χ0) is 19.8. The Morgan fingerprint density at radius 3 is 2.36 bits per heavy atom. The number of carbonyl (C=O) groups excluding carboxylic acids is 2. The largest absolute Gasteiger partial charge is 0.486 e. The van der Waals surface area contributed by atoms with Gasteiger partial charge in [-0.15, -0.1) is 0 Å². The van der Waals surface area contributed by atoms with Crippen LogP contribution in [-0.4, -0.2) is 29.5 Å². The summed E-state index contributed by atoms with van der Waals surface area (Å²) in [6.45, 7) is 2.50. The Labute approximate surface area is 160 Å². The number of aryl methyl sites for hydroxylation is 1. The maximum absolute atomic E-state index is 13.1. The first-order valence-electron chi connectivity index (χ1n) is 8.80. The number of hydrogen-bond acceptors (Lipinski definition) is 5. The first-order chi connectivity index (χ1) is 13.4. The first kappa shape index (κ1) is 17.8. The zero-order valence-corrected chi connectivity index (χ0v) is 15.2. The van der Waals surface area contributed by atoms with E-state index in [1.165, 1.54) is 10.8 Å². The van der Waals surface area contributed by atoms with E-state index in [0.29, 0.717) is 35.8 Å². The van der Waals surface area contributed by atoms with Crippen LogP contribution >= 0.6 is 0 Å². The number of carbonyl (C=O) groups is 2. The second kappa shape index (κ2) is 6.84. The molecular formula is C21H18N2O5. The molecule has 0 aliphatic carbocycles. The summed E-state index contributed by atoms with van der Waals surface area (Å²) in [6.07, 6.45) is 1.38. The SMILES string of the molecule is Cc1ccc(C(=O)c2cn(CC(N)=O)c3cc4c(cc3c2=O)OCCO4)cc1. The molecule has 0 radical (unpaired) electrons. The molecule has 1 amide bonds. The molecule has 0 atom stereocenters. The lowest BCUT2D eigenvalue weighted by atomic mass is 10.0. The Hall–Kier alpha value is -3.61. The topological polar surface area (TPSA) is 101 Å². The van der Waals surface area contributed by atoms with Gasteiger partial charge in [-0.25, -0.2) is 0 Å². The summed E-state index contributed by atoms with van der Waals surface area (Å²) in [5.74, 6) is -0.0935. The smallest absolute Gasteiger partial charge is 0.237 e. The van der Waals surface area contributed by atoms with E-state index in [2.05, 4.69) is 0 Å². The molecule has 7 nitrogen and oxygen atoms in total. The second-order valence-corrected chi connectivity index (χ2v) is 6.67. The number of benzene rings is 2. The van der Waals surface area contributed by atoms with E-state index in [-0.39, 0.29) is 17.5 Å². The fraction of sp³-hybridized carbons (Fsp3) is 0.190. The minimum Gasteiger partial charge on any atom is -0.486 e. The second-order valence-electron chi connectivity index (χ2n) is 6.67. The van der Waals surface area contributed by atoms with Crippen molar-refractivity contribution in [1.29, 1.82) is 0 Å². The van der Waals surface area contributed by atoms with Crippen LogP contribution in [0.1, 0.15) is 21.5 Å². The molecule has 7 heteroatoms. The van der Waals surface area contributed by atoms with Crippen molar-refractivity contribution in [2.24, 2.45) is 5.73 Å². The standard InChI is InChI=1S/C21H18N2O5/c1-12-2-4-13(5-3-12)20(25)15-10-23(11-19(22)24)16-9-18-17(27-6-7-28-18)8-14(16)21(15)26/h2-5,8-10H,6-7,11H2,1H3,(H2,22,24). The lowest BCUT2D eigenvalue weighted by molar-refractivity contribution is -0.118. The summed E-state index contributed by atoms with van der Waals surface area (Å²) in [5, 5.41) is 0.267. The number of nitrogens with two attached hydrogens (primary N) is 1. The molecule has 0 fully saturated rings. The number of amides is 1. The molecule has 28 heavy (non-hydrogen) atoms. The fourth-order valence-corrected chi connectivity index (χ4v) is 3.25. The molecule has 2 heterocycles. The number of nitrogens with zero attached hydrogens (tertiary/aromatic N) is 1. The zero-order valence-electron chi connectivity index (χ0n) is 15.2. The van der Waals surface area contributed by atoms with Crippen LogP contribution in [0.25, 0.3) is 10.9 Å². The van der Waals surface area contributed by atoms with E-state index in [4.69, 9.17) is 15.2 Å². The average molecular weight is 378 g/mol. The number of fused-ring (bicyclic) bond motifs is 2. The normalized spacial score (nSPS) is 12.8. The first-order valence-corrected chi connectivity index (χ1v) is 8.80. The van der Waals surface area contributed by atoms with Gasteiger partial charge in [0.1, 0.15) is 19.8 Å². The number of primary amides is 1. The summed E-state index contributed by atoms with van der Waals surface area (Å²) in [4.78, 5) is 37.6. The molecule has 1 aliphatic heterocycles. The van der Waals surface area contributed by atoms with Gasteiger partial charge in [-0.2, -0.15) is 0 Å². The van der Waals surface area contributed by atoms with Crippen molar-refractivity contribution in [3.05, 3.63) is 69.5 Å². The number of ether oxygens (including phenoxy) is 2. The highest BCUT2D eigenvalue weighted by molar-refractivity contribution is 6.10. The van der Waals surface area contributed by atoms with Gasteiger partial charge in [-0.05, 0) is 13.0 Å². The average Bonchev–Trinajstić information content (AvgIpc) is 2.69. The van der Waals surface area contributed by atoms with Gasteiger partial charge in [0, 0.05) is 17.8 Å². The highest BCUT2D eigenvalue weighted by atomic mass is 16.6. The molecule has 0 saturated carbocycles. The van der Waals surface area contributed by atoms with Crippen LogP contribution in [-0.2, 0) is 11.3 Å². The van der Waals surface area contributed by atoms with Crippen molar-refractivity contribution in [2.45, 2.75) is 13.5 Å². The van der Waals surface area contributed by atoms with E-state index >= 15 is 0 Å². The van der Waals surface area contributed by atoms with Gasteiger partial charge >= 0.3 is 0 Å². The summed E-state index contributed by atoms with van der Waals surface area (Å²) in [5.41, 5.74) is 6.75. The molecule has 142 valence electrons. The molecule has 0 unspecified atom stereocenters. The molecule has 2 aromatic carbocycles. The number of rotatable bonds is 4. The van der Waals surface area contributed by atoms with Crippen LogP contribution < -0.4 is 20.6 Å². The number of hydrogen-bond donors (Lipinski definition) is 1. The lowest BCUT2D eigenvalue weighted by Crippen LogP contribution is -2.25. The van der Waals surface area contributed by atoms with Crippen LogP contribution in [0.15, 0.2) is 47.4 Å². The minimum atomic E-state index is -0.589. The molecule has 0 spiro atoms. The van der Waals surface area contributed by atoms with Gasteiger partial charge in [-0.3, -0.25) is 14.4 Å². The Morgan fingerprint density at radius 2 is 1.71 bits per heavy atom. The van der Waals surface area contributed by atoms with Crippen molar-refractivity contribution in [3.63, 3.8) is 0 Å². The van der Waals surface area contributed by atoms with Gasteiger partial charge in [0.05, 0.1) is 16.5 Å². The third kappa shape index (κ3) is 3.11. The highest BCUT2D eigenvalue weighted by Gasteiger charge is 2.21. The number of aromatic nitrogens is 1. The number of ketones is 1. The predicted molar refractivity (Wildman–Crippen MR) is 103 cm³/mol. The molecule has 1 aromatic heterocycles. The van der Waals surface area contributed by atoms with E-state index in [0.717, 1.165) is 5.56 Å². The van der Waals surface area contributed by atoms with Gasteiger partial charge in [-0.1, -0.05) is 29.8 Å². The van der Waals surface area contributed by atoms with Crippen LogP contribution in [0, 0.1) is 6.92 Å². The van der Waals surface area contributed by atoms with Crippen molar-refractivity contribution in [1.82, 2.24) is 4.57 Å². The van der Waals surface area contributed by atoms with E-state index in [1.54, 1.807) is 36.4 Å². The third-order valence-corrected chi connectivity index (χ3v) is 4.63. The third-order valence-electron chi connectivity index (χ3n) is 4.63. The molecule has 0 saturated heterocycles. The van der Waals surface area contributed by atoms with E-state index in [1.807, 2.05) is 6.92 Å². The molecule has 0 bridgehead atoms. The van der Waals surface area contributed by atoms with Crippen LogP contribution in [0.3, 0.4) is 0 Å². The van der Waals surface area contributed by atoms with Crippen LogP contribution in [0.5, 0.6) is 11.5 Å². The van der Waals surface area contributed by atoms with Gasteiger partial charge in [0.2, 0.25) is 11.3 Å². The van der Waals surface area contributed by atoms with Crippen LogP contribution in [0.4, 0.5) is 0 Å². The van der Waals surface area contributed by atoms with Gasteiger partial charge in [0.15, 0.2) is 17.3 Å². The quantitative estimate of drug-likeness (QED) is 0.698. The van der Waals surface area contributed by atoms with Crippen LogP contribution in [0.2, 0.25) is 0 Å². The highest BCUT2D eigenvalue weighted by Crippen LogP contribution is 2.33. The van der Waals surface area contributed by atoms with Crippen molar-refractivity contribution in [3.8, 4) is 11.5 Å².